The normalized spacial score (nSPS) is 11.2. The molecule has 29 heavy (non-hydrogen) atoms. The number of para-hydroxylation sites is 2. The second-order valence-electron chi connectivity index (χ2n) is 6.01. The number of hydrogen-bond acceptors (Lipinski definition) is 4. The summed E-state index contributed by atoms with van der Waals surface area (Å²) in [5.74, 6) is -0.290. The van der Waals surface area contributed by atoms with Gasteiger partial charge >= 0.3 is 6.18 Å². The van der Waals surface area contributed by atoms with E-state index in [4.69, 9.17) is 4.74 Å². The maximum atomic E-state index is 13.1. The van der Waals surface area contributed by atoms with Crippen LogP contribution in [0, 0.1) is 0 Å². The van der Waals surface area contributed by atoms with E-state index < -0.39 is 29.8 Å². The molecule has 3 aromatic rings. The highest BCUT2D eigenvalue weighted by atomic mass is 19.4. The molecule has 1 heterocycles. The molecule has 1 amide bonds. The molecule has 0 spiro atoms. The number of nitrogens with one attached hydrogen (secondary N) is 1. The monoisotopic (exact) mass is 403 g/mol. The number of methoxy groups -OCH3 is 1. The largest absolute Gasteiger partial charge is 0.496 e. The van der Waals surface area contributed by atoms with Gasteiger partial charge in [-0.05, 0) is 30.3 Å². The molecular weight excluding hydrogens is 387 g/mol. The molecule has 3 rings (SSSR count). The Kier molecular flexibility index (Phi) is 5.67. The first-order valence-electron chi connectivity index (χ1n) is 8.47. The molecule has 0 bridgehead atoms. The fourth-order valence-electron chi connectivity index (χ4n) is 2.73. The standard InChI is InChI=1S/C20H16F3N3O3/c1-29-17-9-5-2-6-13(17)15-10-11-19(28)26(25-15)12-18(27)24-16-8-4-3-7-14(16)20(21,22)23/h2-11H,12H2,1H3,(H,24,27). The van der Waals surface area contributed by atoms with Crippen LogP contribution >= 0.6 is 0 Å². The van der Waals surface area contributed by atoms with Crippen LogP contribution in [0.2, 0.25) is 0 Å². The summed E-state index contributed by atoms with van der Waals surface area (Å²) in [6.45, 7) is -0.548. The van der Waals surface area contributed by atoms with Gasteiger partial charge in [0.15, 0.2) is 0 Å². The van der Waals surface area contributed by atoms with Crippen molar-refractivity contribution in [3.63, 3.8) is 0 Å². The molecule has 0 aliphatic rings. The van der Waals surface area contributed by atoms with Crippen LogP contribution in [0.1, 0.15) is 5.56 Å². The van der Waals surface area contributed by atoms with Crippen molar-refractivity contribution in [2.45, 2.75) is 12.7 Å². The Balaban J connectivity index is 1.86. The number of halogens is 3. The van der Waals surface area contributed by atoms with E-state index in [1.54, 1.807) is 24.3 Å². The molecule has 150 valence electrons. The summed E-state index contributed by atoms with van der Waals surface area (Å²) >= 11 is 0. The van der Waals surface area contributed by atoms with Crippen LogP contribution in [0.3, 0.4) is 0 Å². The van der Waals surface area contributed by atoms with Crippen LogP contribution in [0.4, 0.5) is 18.9 Å². The summed E-state index contributed by atoms with van der Waals surface area (Å²) in [4.78, 5) is 24.4. The molecule has 0 saturated carbocycles. The molecule has 0 fully saturated rings. The number of amides is 1. The number of carbonyl (C=O) groups is 1. The van der Waals surface area contributed by atoms with Gasteiger partial charge in [-0.15, -0.1) is 0 Å². The third-order valence-electron chi connectivity index (χ3n) is 4.05. The van der Waals surface area contributed by atoms with Gasteiger partial charge in [0, 0.05) is 11.6 Å². The van der Waals surface area contributed by atoms with Crippen molar-refractivity contribution in [3.05, 3.63) is 76.6 Å². The van der Waals surface area contributed by atoms with E-state index in [1.165, 1.54) is 31.4 Å². The summed E-state index contributed by atoms with van der Waals surface area (Å²) < 4.78 is 45.4. The Bertz CT molecular complexity index is 1090. The lowest BCUT2D eigenvalue weighted by Crippen LogP contribution is -2.29. The van der Waals surface area contributed by atoms with Crippen molar-refractivity contribution in [2.75, 3.05) is 12.4 Å². The van der Waals surface area contributed by atoms with Crippen molar-refractivity contribution in [1.29, 1.82) is 0 Å². The maximum absolute atomic E-state index is 13.1. The lowest BCUT2D eigenvalue weighted by molar-refractivity contribution is -0.137. The Morgan fingerprint density at radius 1 is 1.07 bits per heavy atom. The highest BCUT2D eigenvalue weighted by Crippen LogP contribution is 2.34. The molecule has 0 unspecified atom stereocenters. The minimum absolute atomic E-state index is 0.380. The second-order valence-corrected chi connectivity index (χ2v) is 6.01. The van der Waals surface area contributed by atoms with Crippen molar-refractivity contribution in [2.24, 2.45) is 0 Å². The predicted octanol–water partition coefficient (Wildman–Crippen LogP) is 3.58. The zero-order valence-corrected chi connectivity index (χ0v) is 15.2. The zero-order chi connectivity index (χ0) is 21.0. The van der Waals surface area contributed by atoms with Crippen LogP contribution in [-0.2, 0) is 17.5 Å². The van der Waals surface area contributed by atoms with Crippen LogP contribution in [0.25, 0.3) is 11.3 Å². The first-order valence-corrected chi connectivity index (χ1v) is 8.47. The fourth-order valence-corrected chi connectivity index (χ4v) is 2.73. The van der Waals surface area contributed by atoms with E-state index in [1.807, 2.05) is 0 Å². The van der Waals surface area contributed by atoms with Gasteiger partial charge in [-0.2, -0.15) is 18.3 Å². The minimum atomic E-state index is -4.62. The van der Waals surface area contributed by atoms with Crippen LogP contribution in [0.5, 0.6) is 5.75 Å². The molecule has 0 aliphatic carbocycles. The molecule has 9 heteroatoms. The highest BCUT2D eigenvalue weighted by molar-refractivity contribution is 5.91. The van der Waals surface area contributed by atoms with Crippen molar-refractivity contribution in [3.8, 4) is 17.0 Å². The SMILES string of the molecule is COc1ccccc1-c1ccc(=O)n(CC(=O)Nc2ccccc2C(F)(F)F)n1. The molecule has 1 aromatic heterocycles. The fraction of sp³-hybridized carbons (Fsp3) is 0.150. The van der Waals surface area contributed by atoms with Gasteiger partial charge in [-0.25, -0.2) is 4.68 Å². The third-order valence-corrected chi connectivity index (χ3v) is 4.05. The lowest BCUT2D eigenvalue weighted by atomic mass is 10.1. The minimum Gasteiger partial charge on any atom is -0.496 e. The number of nitrogens with zero attached hydrogens (tertiary/aromatic N) is 2. The van der Waals surface area contributed by atoms with Gasteiger partial charge < -0.3 is 10.1 Å². The van der Waals surface area contributed by atoms with E-state index in [2.05, 4.69) is 10.4 Å². The van der Waals surface area contributed by atoms with Crippen LogP contribution < -0.4 is 15.6 Å². The number of hydrogen-bond donors (Lipinski definition) is 1. The summed E-state index contributed by atoms with van der Waals surface area (Å²) in [5, 5.41) is 6.34. The summed E-state index contributed by atoms with van der Waals surface area (Å²) in [7, 11) is 1.49. The Hall–Kier alpha value is -3.62. The van der Waals surface area contributed by atoms with Crippen molar-refractivity contribution in [1.82, 2.24) is 9.78 Å². The van der Waals surface area contributed by atoms with E-state index in [9.17, 15) is 22.8 Å². The van der Waals surface area contributed by atoms with Gasteiger partial charge in [-0.1, -0.05) is 24.3 Å². The quantitative estimate of drug-likeness (QED) is 0.707. The zero-order valence-electron chi connectivity index (χ0n) is 15.2. The molecule has 1 N–H and O–H groups in total. The van der Waals surface area contributed by atoms with Crippen molar-refractivity contribution < 1.29 is 22.7 Å². The number of carbonyl (C=O) groups excluding carboxylic acids is 1. The summed E-state index contributed by atoms with van der Waals surface area (Å²) in [6, 6.07) is 14.3. The van der Waals surface area contributed by atoms with Gasteiger partial charge in [0.1, 0.15) is 12.3 Å². The molecule has 0 saturated heterocycles. The maximum Gasteiger partial charge on any atom is 0.418 e. The van der Waals surface area contributed by atoms with Gasteiger partial charge in [0.2, 0.25) is 5.91 Å². The number of anilines is 1. The first kappa shape index (κ1) is 20.1. The molecule has 0 radical (unpaired) electrons. The van der Waals surface area contributed by atoms with Crippen molar-refractivity contribution >= 4 is 11.6 Å². The molecule has 0 atom stereocenters. The molecule has 0 aliphatic heterocycles. The number of ether oxygens (including phenoxy) is 1. The molecule has 2 aromatic carbocycles. The Morgan fingerprint density at radius 2 is 1.76 bits per heavy atom. The Labute approximate surface area is 163 Å². The van der Waals surface area contributed by atoms with Crippen LogP contribution in [0.15, 0.2) is 65.5 Å². The van der Waals surface area contributed by atoms with E-state index in [-0.39, 0.29) is 5.69 Å². The van der Waals surface area contributed by atoms with Gasteiger partial charge in [0.05, 0.1) is 24.1 Å². The average molecular weight is 403 g/mol. The first-order chi connectivity index (χ1) is 13.8. The van der Waals surface area contributed by atoms with E-state index >= 15 is 0 Å². The van der Waals surface area contributed by atoms with Gasteiger partial charge in [-0.3, -0.25) is 9.59 Å². The number of benzene rings is 2. The second kappa shape index (κ2) is 8.17. The van der Waals surface area contributed by atoms with E-state index in [0.717, 1.165) is 16.8 Å². The average Bonchev–Trinajstić information content (AvgIpc) is 2.69. The summed E-state index contributed by atoms with van der Waals surface area (Å²) in [6.07, 6.45) is -4.62. The third kappa shape index (κ3) is 4.63. The van der Waals surface area contributed by atoms with Gasteiger partial charge in [0.25, 0.3) is 5.56 Å². The van der Waals surface area contributed by atoms with Crippen LogP contribution in [-0.4, -0.2) is 22.8 Å². The highest BCUT2D eigenvalue weighted by Gasteiger charge is 2.33. The van der Waals surface area contributed by atoms with E-state index in [0.29, 0.717) is 17.0 Å². The predicted molar refractivity (Wildman–Crippen MR) is 101 cm³/mol. The number of aromatic nitrogens is 2. The topological polar surface area (TPSA) is 73.2 Å². The number of alkyl halides is 3. The number of rotatable bonds is 5. The summed E-state index contributed by atoms with van der Waals surface area (Å²) in [5.41, 5.74) is -0.949. The lowest BCUT2D eigenvalue weighted by Gasteiger charge is -2.14. The molecule has 6 nitrogen and oxygen atoms in total. The molecular formula is C20H16F3N3O3. The Morgan fingerprint density at radius 3 is 2.48 bits per heavy atom. The smallest absolute Gasteiger partial charge is 0.418 e.